The van der Waals surface area contributed by atoms with Gasteiger partial charge >= 0.3 is 0 Å². The number of benzene rings is 1. The predicted molar refractivity (Wildman–Crippen MR) is 91.6 cm³/mol. The summed E-state index contributed by atoms with van der Waals surface area (Å²) >= 11 is 3.51. The zero-order chi connectivity index (χ0) is 15.4. The van der Waals surface area contributed by atoms with Crippen molar-refractivity contribution in [3.05, 3.63) is 52.4 Å². The average molecular weight is 348 g/mol. The van der Waals surface area contributed by atoms with Gasteiger partial charge < -0.3 is 4.90 Å². The molecule has 0 saturated carbocycles. The van der Waals surface area contributed by atoms with Gasteiger partial charge in [0.05, 0.1) is 0 Å². The van der Waals surface area contributed by atoms with Crippen LogP contribution in [0.2, 0.25) is 0 Å². The lowest BCUT2D eigenvalue weighted by atomic mass is 10.2. The van der Waals surface area contributed by atoms with Crippen LogP contribution in [-0.2, 0) is 6.54 Å². The third kappa shape index (κ3) is 4.27. The molecule has 2 aromatic rings. The zero-order valence-electron chi connectivity index (χ0n) is 13.0. The van der Waals surface area contributed by atoms with Crippen LogP contribution in [-0.4, -0.2) is 16.0 Å². The van der Waals surface area contributed by atoms with Crippen molar-refractivity contribution in [2.45, 2.75) is 46.2 Å². The molecule has 0 aliphatic rings. The Morgan fingerprint density at radius 3 is 2.29 bits per heavy atom. The van der Waals surface area contributed by atoms with Crippen molar-refractivity contribution in [3.63, 3.8) is 0 Å². The monoisotopic (exact) mass is 347 g/mol. The second-order valence-electron chi connectivity index (χ2n) is 5.77. The summed E-state index contributed by atoms with van der Waals surface area (Å²) in [6, 6.07) is 12.8. The van der Waals surface area contributed by atoms with Crippen molar-refractivity contribution in [1.82, 2.24) is 9.97 Å². The molecular weight excluding hydrogens is 326 g/mol. The maximum atomic E-state index is 4.74. The molecule has 0 atom stereocenters. The van der Waals surface area contributed by atoms with Gasteiger partial charge in [0.25, 0.3) is 0 Å². The number of halogens is 1. The number of anilines is 1. The normalized spacial score (nSPS) is 11.2. The summed E-state index contributed by atoms with van der Waals surface area (Å²) < 4.78 is 0.843. The molecule has 0 radical (unpaired) electrons. The fourth-order valence-corrected chi connectivity index (χ4v) is 2.52. The number of hydrogen-bond donors (Lipinski definition) is 0. The fourth-order valence-electron chi connectivity index (χ4n) is 2.14. The van der Waals surface area contributed by atoms with Crippen LogP contribution in [0.3, 0.4) is 0 Å². The Hall–Kier alpha value is -1.42. The summed E-state index contributed by atoms with van der Waals surface area (Å²) in [5, 5.41) is 0. The molecule has 21 heavy (non-hydrogen) atoms. The predicted octanol–water partition coefficient (Wildman–Crippen LogP) is 4.78. The van der Waals surface area contributed by atoms with Gasteiger partial charge in [-0.15, -0.1) is 0 Å². The van der Waals surface area contributed by atoms with E-state index in [4.69, 9.17) is 4.98 Å². The van der Waals surface area contributed by atoms with Crippen molar-refractivity contribution in [3.8, 4) is 0 Å². The summed E-state index contributed by atoms with van der Waals surface area (Å²) in [7, 11) is 0. The van der Waals surface area contributed by atoms with Crippen LogP contribution < -0.4 is 4.90 Å². The SMILES string of the molecule is CC(C)c1nc(Br)cc(N(Cc2ccccc2)C(C)C)n1. The van der Waals surface area contributed by atoms with E-state index >= 15 is 0 Å². The minimum absolute atomic E-state index is 0.312. The van der Waals surface area contributed by atoms with Crippen molar-refractivity contribution in [1.29, 1.82) is 0 Å². The van der Waals surface area contributed by atoms with E-state index < -0.39 is 0 Å². The highest BCUT2D eigenvalue weighted by molar-refractivity contribution is 9.10. The smallest absolute Gasteiger partial charge is 0.134 e. The third-order valence-corrected chi connectivity index (χ3v) is 3.73. The van der Waals surface area contributed by atoms with E-state index in [-0.39, 0.29) is 0 Å². The first-order chi connectivity index (χ1) is 9.97. The van der Waals surface area contributed by atoms with E-state index in [2.05, 4.69) is 77.8 Å². The van der Waals surface area contributed by atoms with Crippen molar-refractivity contribution < 1.29 is 0 Å². The molecule has 0 aliphatic heterocycles. The maximum Gasteiger partial charge on any atom is 0.134 e. The van der Waals surface area contributed by atoms with Crippen LogP contribution in [0.15, 0.2) is 41.0 Å². The van der Waals surface area contributed by atoms with Crippen molar-refractivity contribution in [2.24, 2.45) is 0 Å². The van der Waals surface area contributed by atoms with Gasteiger partial charge in [0.15, 0.2) is 0 Å². The van der Waals surface area contributed by atoms with E-state index in [1.54, 1.807) is 0 Å². The van der Waals surface area contributed by atoms with Gasteiger partial charge in [0.1, 0.15) is 16.2 Å². The topological polar surface area (TPSA) is 29.0 Å². The van der Waals surface area contributed by atoms with Crippen LogP contribution in [0.4, 0.5) is 5.82 Å². The fraction of sp³-hybridized carbons (Fsp3) is 0.412. The van der Waals surface area contributed by atoms with Crippen LogP contribution in [0.25, 0.3) is 0 Å². The molecular formula is C17H22BrN3. The van der Waals surface area contributed by atoms with Gasteiger partial charge in [-0.2, -0.15) is 0 Å². The highest BCUT2D eigenvalue weighted by atomic mass is 79.9. The molecule has 4 heteroatoms. The molecule has 112 valence electrons. The lowest BCUT2D eigenvalue weighted by Gasteiger charge is -2.28. The lowest BCUT2D eigenvalue weighted by molar-refractivity contribution is 0.660. The lowest BCUT2D eigenvalue weighted by Crippen LogP contribution is -2.31. The average Bonchev–Trinajstić information content (AvgIpc) is 2.44. The van der Waals surface area contributed by atoms with Gasteiger partial charge in [-0.05, 0) is 35.3 Å². The minimum atomic E-state index is 0.312. The Balaban J connectivity index is 2.34. The first-order valence-electron chi connectivity index (χ1n) is 7.32. The molecule has 0 N–H and O–H groups in total. The molecule has 0 amide bonds. The van der Waals surface area contributed by atoms with E-state index in [0.29, 0.717) is 12.0 Å². The van der Waals surface area contributed by atoms with Gasteiger partial charge in [0.2, 0.25) is 0 Å². The summed E-state index contributed by atoms with van der Waals surface area (Å²) in [5.41, 5.74) is 1.28. The van der Waals surface area contributed by atoms with E-state index in [0.717, 1.165) is 22.8 Å². The number of aromatic nitrogens is 2. The van der Waals surface area contributed by atoms with E-state index in [9.17, 15) is 0 Å². The van der Waals surface area contributed by atoms with Gasteiger partial charge in [0, 0.05) is 24.6 Å². The Morgan fingerprint density at radius 1 is 1.05 bits per heavy atom. The number of nitrogens with zero attached hydrogens (tertiary/aromatic N) is 3. The standard InChI is InChI=1S/C17H22BrN3/c1-12(2)17-19-15(18)10-16(20-17)21(13(3)4)11-14-8-6-5-7-9-14/h5-10,12-13H,11H2,1-4H3. The minimum Gasteiger partial charge on any atom is -0.350 e. The molecule has 0 unspecified atom stereocenters. The summed E-state index contributed by atoms with van der Waals surface area (Å²) in [5.74, 6) is 2.16. The maximum absolute atomic E-state index is 4.74. The molecule has 0 aliphatic carbocycles. The summed E-state index contributed by atoms with van der Waals surface area (Å²) in [6.07, 6.45) is 0. The largest absolute Gasteiger partial charge is 0.350 e. The second kappa shape index (κ2) is 7.03. The van der Waals surface area contributed by atoms with Crippen LogP contribution >= 0.6 is 15.9 Å². The first kappa shape index (κ1) is 16.0. The Labute approximate surface area is 135 Å². The van der Waals surface area contributed by atoms with E-state index in [1.165, 1.54) is 5.56 Å². The second-order valence-corrected chi connectivity index (χ2v) is 6.58. The van der Waals surface area contributed by atoms with Crippen molar-refractivity contribution >= 4 is 21.7 Å². The third-order valence-electron chi connectivity index (χ3n) is 3.33. The van der Waals surface area contributed by atoms with Gasteiger partial charge in [-0.25, -0.2) is 9.97 Å². The zero-order valence-corrected chi connectivity index (χ0v) is 14.6. The highest BCUT2D eigenvalue weighted by Crippen LogP contribution is 2.23. The van der Waals surface area contributed by atoms with Gasteiger partial charge in [-0.3, -0.25) is 0 Å². The van der Waals surface area contributed by atoms with E-state index in [1.807, 2.05) is 12.1 Å². The van der Waals surface area contributed by atoms with Gasteiger partial charge in [-0.1, -0.05) is 44.2 Å². The Kier molecular flexibility index (Phi) is 5.34. The molecule has 1 aromatic carbocycles. The number of rotatable bonds is 5. The molecule has 1 heterocycles. The molecule has 2 rings (SSSR count). The first-order valence-corrected chi connectivity index (χ1v) is 8.11. The van der Waals surface area contributed by atoms with Crippen LogP contribution in [0.5, 0.6) is 0 Å². The van der Waals surface area contributed by atoms with Crippen LogP contribution in [0, 0.1) is 0 Å². The summed E-state index contributed by atoms with van der Waals surface area (Å²) in [6.45, 7) is 9.45. The molecule has 3 nitrogen and oxygen atoms in total. The Bertz CT molecular complexity index is 582. The molecule has 1 aromatic heterocycles. The quantitative estimate of drug-likeness (QED) is 0.729. The Morgan fingerprint density at radius 2 is 1.71 bits per heavy atom. The molecule has 0 fully saturated rings. The number of hydrogen-bond acceptors (Lipinski definition) is 3. The highest BCUT2D eigenvalue weighted by Gasteiger charge is 2.16. The molecule has 0 bridgehead atoms. The molecule has 0 spiro atoms. The van der Waals surface area contributed by atoms with Crippen LogP contribution in [0.1, 0.15) is 45.0 Å². The molecule has 0 saturated heterocycles. The summed E-state index contributed by atoms with van der Waals surface area (Å²) in [4.78, 5) is 11.5. The van der Waals surface area contributed by atoms with Crippen molar-refractivity contribution in [2.75, 3.05) is 4.90 Å².